The van der Waals surface area contributed by atoms with Gasteiger partial charge in [0.2, 0.25) is 0 Å². The van der Waals surface area contributed by atoms with Crippen molar-refractivity contribution in [3.05, 3.63) is 71.2 Å². The second-order valence-corrected chi connectivity index (χ2v) is 8.09. The van der Waals surface area contributed by atoms with Gasteiger partial charge in [0.05, 0.1) is 14.2 Å². The molecule has 6 heteroatoms. The van der Waals surface area contributed by atoms with E-state index in [0.29, 0.717) is 12.3 Å². The Bertz CT molecular complexity index is 1050. The number of ether oxygens (including phenoxy) is 2. The van der Waals surface area contributed by atoms with E-state index in [2.05, 4.69) is 15.9 Å². The number of nitrogens with zero attached hydrogens (tertiary/aromatic N) is 2. The molecule has 4 rings (SSSR count). The van der Waals surface area contributed by atoms with Crippen LogP contribution in [0.25, 0.3) is 11.1 Å². The predicted octanol–water partition coefficient (Wildman–Crippen LogP) is 5.05. The van der Waals surface area contributed by atoms with Crippen molar-refractivity contribution in [1.82, 2.24) is 4.90 Å². The van der Waals surface area contributed by atoms with E-state index in [9.17, 15) is 5.11 Å². The van der Waals surface area contributed by atoms with Crippen LogP contribution in [0.2, 0.25) is 5.02 Å². The van der Waals surface area contributed by atoms with Gasteiger partial charge in [0.1, 0.15) is 17.2 Å². The van der Waals surface area contributed by atoms with Gasteiger partial charge in [0, 0.05) is 54.6 Å². The van der Waals surface area contributed by atoms with Gasteiger partial charge in [0.25, 0.3) is 0 Å². The van der Waals surface area contributed by atoms with Crippen LogP contribution in [0.5, 0.6) is 17.2 Å². The van der Waals surface area contributed by atoms with E-state index in [4.69, 9.17) is 21.1 Å². The van der Waals surface area contributed by atoms with Crippen LogP contribution in [0.3, 0.4) is 0 Å². The lowest BCUT2D eigenvalue weighted by Crippen LogP contribution is -2.45. The summed E-state index contributed by atoms with van der Waals surface area (Å²) in [5.74, 6) is 1.85. The summed E-state index contributed by atoms with van der Waals surface area (Å²) in [5, 5.41) is 11.3. The first kappa shape index (κ1) is 21.3. The molecule has 1 fully saturated rings. The number of anilines is 1. The first-order valence-electron chi connectivity index (χ1n) is 10.3. The van der Waals surface area contributed by atoms with Gasteiger partial charge in [-0.05, 0) is 54.1 Å². The summed E-state index contributed by atoms with van der Waals surface area (Å²) in [4.78, 5) is 4.71. The Morgan fingerprint density at radius 1 is 0.903 bits per heavy atom. The maximum Gasteiger partial charge on any atom is 0.126 e. The molecule has 0 amide bonds. The standard InChI is InChI=1S/C25H27ClN2O3/c1-30-22-7-9-25(31-2)23(16-22)18-6-8-24(29)19(14-18)17-27-10-12-28(13-11-27)21-5-3-4-20(26)15-21/h3-9,14-16,29H,10-13,17H2,1-2H3. The molecule has 0 unspecified atom stereocenters. The molecule has 1 aliphatic heterocycles. The third kappa shape index (κ3) is 4.89. The van der Waals surface area contributed by atoms with Gasteiger partial charge in [0.15, 0.2) is 0 Å². The highest BCUT2D eigenvalue weighted by Gasteiger charge is 2.19. The van der Waals surface area contributed by atoms with Crippen LogP contribution in [0.4, 0.5) is 5.69 Å². The highest BCUT2D eigenvalue weighted by Crippen LogP contribution is 2.35. The predicted molar refractivity (Wildman–Crippen MR) is 126 cm³/mol. The Kier molecular flexibility index (Phi) is 6.54. The second-order valence-electron chi connectivity index (χ2n) is 7.65. The lowest BCUT2D eigenvalue weighted by atomic mass is 10.0. The van der Waals surface area contributed by atoms with Gasteiger partial charge in [-0.25, -0.2) is 0 Å². The summed E-state index contributed by atoms with van der Waals surface area (Å²) >= 11 is 6.14. The smallest absolute Gasteiger partial charge is 0.126 e. The lowest BCUT2D eigenvalue weighted by Gasteiger charge is -2.36. The van der Waals surface area contributed by atoms with E-state index in [1.165, 1.54) is 0 Å². The highest BCUT2D eigenvalue weighted by molar-refractivity contribution is 6.30. The number of phenols is 1. The Balaban J connectivity index is 1.49. The lowest BCUT2D eigenvalue weighted by molar-refractivity contribution is 0.247. The molecule has 5 nitrogen and oxygen atoms in total. The molecule has 1 saturated heterocycles. The molecule has 0 radical (unpaired) electrons. The molecule has 31 heavy (non-hydrogen) atoms. The van der Waals surface area contributed by atoms with Crippen molar-refractivity contribution in [3.8, 4) is 28.4 Å². The van der Waals surface area contributed by atoms with Crippen LogP contribution < -0.4 is 14.4 Å². The van der Waals surface area contributed by atoms with Crippen LogP contribution in [0.15, 0.2) is 60.7 Å². The van der Waals surface area contributed by atoms with Crippen molar-refractivity contribution in [2.24, 2.45) is 0 Å². The first-order valence-corrected chi connectivity index (χ1v) is 10.7. The Morgan fingerprint density at radius 3 is 2.42 bits per heavy atom. The monoisotopic (exact) mass is 438 g/mol. The minimum Gasteiger partial charge on any atom is -0.508 e. The van der Waals surface area contributed by atoms with Crippen LogP contribution in [0.1, 0.15) is 5.56 Å². The van der Waals surface area contributed by atoms with Crippen LogP contribution in [-0.4, -0.2) is 50.4 Å². The average molecular weight is 439 g/mol. The quantitative estimate of drug-likeness (QED) is 0.583. The number of phenolic OH excluding ortho intramolecular Hbond substituents is 1. The fraction of sp³-hybridized carbons (Fsp3) is 0.280. The van der Waals surface area contributed by atoms with E-state index in [-0.39, 0.29) is 0 Å². The van der Waals surface area contributed by atoms with Gasteiger partial charge in [-0.15, -0.1) is 0 Å². The van der Waals surface area contributed by atoms with Crippen LogP contribution in [0, 0.1) is 0 Å². The molecule has 1 aliphatic rings. The van der Waals surface area contributed by atoms with Gasteiger partial charge in [-0.1, -0.05) is 23.7 Å². The van der Waals surface area contributed by atoms with E-state index < -0.39 is 0 Å². The van der Waals surface area contributed by atoms with Gasteiger partial charge in [-0.3, -0.25) is 4.90 Å². The summed E-state index contributed by atoms with van der Waals surface area (Å²) in [7, 11) is 3.31. The van der Waals surface area contributed by atoms with Crippen LogP contribution >= 0.6 is 11.6 Å². The van der Waals surface area contributed by atoms with Gasteiger partial charge < -0.3 is 19.5 Å². The summed E-state index contributed by atoms with van der Waals surface area (Å²) < 4.78 is 10.9. The number of aromatic hydroxyl groups is 1. The maximum absolute atomic E-state index is 10.5. The van der Waals surface area contributed by atoms with Crippen molar-refractivity contribution in [1.29, 1.82) is 0 Å². The molecule has 0 aromatic heterocycles. The van der Waals surface area contributed by atoms with E-state index in [1.54, 1.807) is 20.3 Å². The number of halogens is 1. The molecule has 1 heterocycles. The number of methoxy groups -OCH3 is 2. The molecule has 0 aliphatic carbocycles. The zero-order chi connectivity index (χ0) is 21.8. The number of benzene rings is 3. The van der Waals surface area contributed by atoms with Crippen LogP contribution in [-0.2, 0) is 6.54 Å². The Labute approximate surface area is 188 Å². The second kappa shape index (κ2) is 9.50. The Hall–Kier alpha value is -2.89. The van der Waals surface area contributed by atoms with Gasteiger partial charge >= 0.3 is 0 Å². The van der Waals surface area contributed by atoms with E-state index in [0.717, 1.165) is 65.1 Å². The van der Waals surface area contributed by atoms with Crippen molar-refractivity contribution < 1.29 is 14.6 Å². The van der Waals surface area contributed by atoms with Gasteiger partial charge in [-0.2, -0.15) is 0 Å². The summed E-state index contributed by atoms with van der Waals surface area (Å²) in [6.45, 7) is 4.36. The number of hydrogen-bond acceptors (Lipinski definition) is 5. The summed E-state index contributed by atoms with van der Waals surface area (Å²) in [6, 6.07) is 19.4. The van der Waals surface area contributed by atoms with Crippen molar-refractivity contribution in [2.45, 2.75) is 6.54 Å². The molecular formula is C25H27ClN2O3. The third-order valence-electron chi connectivity index (χ3n) is 5.74. The van der Waals surface area contributed by atoms with Crippen molar-refractivity contribution >= 4 is 17.3 Å². The normalized spacial score (nSPS) is 14.5. The fourth-order valence-electron chi connectivity index (χ4n) is 4.00. The van der Waals surface area contributed by atoms with E-state index in [1.807, 2.05) is 48.5 Å². The zero-order valence-corrected chi connectivity index (χ0v) is 18.6. The molecule has 0 bridgehead atoms. The SMILES string of the molecule is COc1ccc(OC)c(-c2ccc(O)c(CN3CCN(c4cccc(Cl)c4)CC3)c2)c1. The Morgan fingerprint density at radius 2 is 1.71 bits per heavy atom. The molecule has 0 saturated carbocycles. The molecule has 0 spiro atoms. The van der Waals surface area contributed by atoms with E-state index >= 15 is 0 Å². The average Bonchev–Trinajstić information content (AvgIpc) is 2.80. The fourth-order valence-corrected chi connectivity index (χ4v) is 4.18. The summed E-state index contributed by atoms with van der Waals surface area (Å²) in [5.41, 5.74) is 3.98. The minimum absolute atomic E-state index is 0.308. The maximum atomic E-state index is 10.5. The third-order valence-corrected chi connectivity index (χ3v) is 5.97. The molecule has 3 aromatic carbocycles. The summed E-state index contributed by atoms with van der Waals surface area (Å²) in [6.07, 6.45) is 0. The van der Waals surface area contributed by atoms with Crippen molar-refractivity contribution in [3.63, 3.8) is 0 Å². The number of hydrogen-bond donors (Lipinski definition) is 1. The number of rotatable bonds is 6. The molecule has 1 N–H and O–H groups in total. The molecule has 162 valence electrons. The highest BCUT2D eigenvalue weighted by atomic mass is 35.5. The topological polar surface area (TPSA) is 45.2 Å². The molecular weight excluding hydrogens is 412 g/mol. The number of piperazine rings is 1. The zero-order valence-electron chi connectivity index (χ0n) is 17.8. The first-order chi connectivity index (χ1) is 15.1. The largest absolute Gasteiger partial charge is 0.508 e. The molecule has 0 atom stereocenters. The minimum atomic E-state index is 0.308. The molecule has 3 aromatic rings. The van der Waals surface area contributed by atoms with Crippen molar-refractivity contribution in [2.75, 3.05) is 45.3 Å².